The van der Waals surface area contributed by atoms with Gasteiger partial charge in [0.25, 0.3) is 5.91 Å². The SMILES string of the molecule is CC1Cc2c(C(N)=O)noc2-c2ccccc21. The van der Waals surface area contributed by atoms with Crippen LogP contribution in [0.2, 0.25) is 0 Å². The number of fused-ring (bicyclic) bond motifs is 3. The highest BCUT2D eigenvalue weighted by Crippen LogP contribution is 2.40. The van der Waals surface area contributed by atoms with E-state index in [0.29, 0.717) is 11.7 Å². The zero-order valence-corrected chi connectivity index (χ0v) is 9.43. The van der Waals surface area contributed by atoms with Crippen LogP contribution in [0.15, 0.2) is 28.8 Å². The van der Waals surface area contributed by atoms with Gasteiger partial charge in [0.15, 0.2) is 11.5 Å². The number of primary amides is 1. The molecule has 1 amide bonds. The molecule has 0 saturated carbocycles. The first-order chi connectivity index (χ1) is 8.18. The highest BCUT2D eigenvalue weighted by Gasteiger charge is 2.29. The quantitative estimate of drug-likeness (QED) is 0.812. The van der Waals surface area contributed by atoms with Crippen molar-refractivity contribution in [3.8, 4) is 11.3 Å². The molecule has 4 heteroatoms. The van der Waals surface area contributed by atoms with E-state index in [1.165, 1.54) is 5.56 Å². The fourth-order valence-corrected chi connectivity index (χ4v) is 2.45. The molecule has 3 rings (SSSR count). The van der Waals surface area contributed by atoms with E-state index in [9.17, 15) is 4.79 Å². The Morgan fingerprint density at radius 2 is 2.24 bits per heavy atom. The molecule has 0 fully saturated rings. The van der Waals surface area contributed by atoms with E-state index in [1.807, 2.05) is 18.2 Å². The van der Waals surface area contributed by atoms with Crippen molar-refractivity contribution in [3.05, 3.63) is 41.1 Å². The summed E-state index contributed by atoms with van der Waals surface area (Å²) in [6.45, 7) is 2.12. The third-order valence-electron chi connectivity index (χ3n) is 3.27. The van der Waals surface area contributed by atoms with Gasteiger partial charge in [0.2, 0.25) is 0 Å². The minimum absolute atomic E-state index is 0.265. The van der Waals surface area contributed by atoms with Crippen molar-refractivity contribution in [2.24, 2.45) is 5.73 Å². The lowest BCUT2D eigenvalue weighted by Crippen LogP contribution is -2.16. The molecule has 2 aromatic rings. The number of hydrogen-bond acceptors (Lipinski definition) is 3. The topological polar surface area (TPSA) is 69.1 Å². The van der Waals surface area contributed by atoms with E-state index in [-0.39, 0.29) is 5.69 Å². The second-order valence-electron chi connectivity index (χ2n) is 4.40. The Kier molecular flexibility index (Phi) is 2.04. The first-order valence-electron chi connectivity index (χ1n) is 5.56. The van der Waals surface area contributed by atoms with Crippen molar-refractivity contribution < 1.29 is 9.32 Å². The molecular formula is C13H12N2O2. The molecule has 0 saturated heterocycles. The van der Waals surface area contributed by atoms with Crippen LogP contribution in [0.25, 0.3) is 11.3 Å². The van der Waals surface area contributed by atoms with Gasteiger partial charge in [0, 0.05) is 11.1 Å². The fraction of sp³-hybridized carbons (Fsp3) is 0.231. The van der Waals surface area contributed by atoms with Gasteiger partial charge in [0.1, 0.15) is 0 Å². The summed E-state index contributed by atoms with van der Waals surface area (Å²) < 4.78 is 5.27. The monoisotopic (exact) mass is 228 g/mol. The normalized spacial score (nSPS) is 17.4. The van der Waals surface area contributed by atoms with E-state index in [4.69, 9.17) is 10.3 Å². The Morgan fingerprint density at radius 1 is 1.47 bits per heavy atom. The van der Waals surface area contributed by atoms with Gasteiger partial charge in [-0.15, -0.1) is 0 Å². The van der Waals surface area contributed by atoms with Crippen molar-refractivity contribution in [1.82, 2.24) is 5.16 Å². The molecule has 2 N–H and O–H groups in total. The van der Waals surface area contributed by atoms with Crippen LogP contribution in [0.3, 0.4) is 0 Å². The summed E-state index contributed by atoms with van der Waals surface area (Å²) in [6, 6.07) is 8.02. The molecule has 0 aliphatic heterocycles. The fourth-order valence-electron chi connectivity index (χ4n) is 2.45. The van der Waals surface area contributed by atoms with Gasteiger partial charge in [-0.05, 0) is 17.9 Å². The zero-order valence-electron chi connectivity index (χ0n) is 9.43. The predicted molar refractivity (Wildman–Crippen MR) is 62.6 cm³/mol. The van der Waals surface area contributed by atoms with E-state index in [0.717, 1.165) is 17.5 Å². The van der Waals surface area contributed by atoms with Crippen LogP contribution in [0, 0.1) is 0 Å². The molecule has 1 unspecified atom stereocenters. The molecule has 1 aliphatic carbocycles. The lowest BCUT2D eigenvalue weighted by Gasteiger charge is -2.20. The van der Waals surface area contributed by atoms with Gasteiger partial charge in [-0.25, -0.2) is 0 Å². The average Bonchev–Trinajstić information content (AvgIpc) is 2.73. The summed E-state index contributed by atoms with van der Waals surface area (Å²) >= 11 is 0. The number of amides is 1. The average molecular weight is 228 g/mol. The summed E-state index contributed by atoms with van der Waals surface area (Å²) in [5.74, 6) is 0.505. The minimum Gasteiger partial charge on any atom is -0.364 e. The van der Waals surface area contributed by atoms with Crippen LogP contribution >= 0.6 is 0 Å². The first-order valence-corrected chi connectivity index (χ1v) is 5.56. The Bertz CT molecular complexity index is 601. The number of benzene rings is 1. The number of rotatable bonds is 1. The van der Waals surface area contributed by atoms with Crippen LogP contribution in [0.5, 0.6) is 0 Å². The molecule has 1 atom stereocenters. The number of nitrogens with zero attached hydrogens (tertiary/aromatic N) is 1. The molecule has 1 aromatic heterocycles. The maximum absolute atomic E-state index is 11.3. The minimum atomic E-state index is -0.526. The molecule has 1 heterocycles. The summed E-state index contributed by atoms with van der Waals surface area (Å²) in [7, 11) is 0. The summed E-state index contributed by atoms with van der Waals surface area (Å²) in [5, 5.41) is 3.78. The van der Waals surface area contributed by atoms with Gasteiger partial charge in [-0.2, -0.15) is 0 Å². The highest BCUT2D eigenvalue weighted by atomic mass is 16.5. The van der Waals surface area contributed by atoms with Crippen LogP contribution < -0.4 is 5.73 Å². The maximum atomic E-state index is 11.3. The molecule has 0 bridgehead atoms. The number of carbonyl (C=O) groups excluding carboxylic acids is 1. The third-order valence-corrected chi connectivity index (χ3v) is 3.27. The second kappa shape index (κ2) is 3.45. The first kappa shape index (κ1) is 10.1. The standard InChI is InChI=1S/C13H12N2O2/c1-7-6-10-11(13(14)16)15-17-12(10)9-5-3-2-4-8(7)9/h2-5,7H,6H2,1H3,(H2,14,16). The number of carbonyl (C=O) groups is 1. The molecular weight excluding hydrogens is 216 g/mol. The van der Waals surface area contributed by atoms with Gasteiger partial charge in [-0.3, -0.25) is 4.79 Å². The largest absolute Gasteiger partial charge is 0.364 e. The van der Waals surface area contributed by atoms with Gasteiger partial charge in [-0.1, -0.05) is 36.3 Å². The Hall–Kier alpha value is -2.10. The van der Waals surface area contributed by atoms with Crippen molar-refractivity contribution >= 4 is 5.91 Å². The number of aromatic nitrogens is 1. The predicted octanol–water partition coefficient (Wildman–Crippen LogP) is 2.10. The van der Waals surface area contributed by atoms with Crippen molar-refractivity contribution in [2.75, 3.05) is 0 Å². The number of hydrogen-bond donors (Lipinski definition) is 1. The second-order valence-corrected chi connectivity index (χ2v) is 4.40. The highest BCUT2D eigenvalue weighted by molar-refractivity contribution is 5.94. The van der Waals surface area contributed by atoms with E-state index in [2.05, 4.69) is 18.1 Å². The van der Waals surface area contributed by atoms with Crippen molar-refractivity contribution in [2.45, 2.75) is 19.3 Å². The molecule has 4 nitrogen and oxygen atoms in total. The van der Waals surface area contributed by atoms with Gasteiger partial charge >= 0.3 is 0 Å². The van der Waals surface area contributed by atoms with E-state index >= 15 is 0 Å². The van der Waals surface area contributed by atoms with Crippen LogP contribution in [-0.4, -0.2) is 11.1 Å². The van der Waals surface area contributed by atoms with Crippen LogP contribution in [-0.2, 0) is 6.42 Å². The number of nitrogens with two attached hydrogens (primary N) is 1. The van der Waals surface area contributed by atoms with Crippen molar-refractivity contribution in [1.29, 1.82) is 0 Å². The molecule has 86 valence electrons. The maximum Gasteiger partial charge on any atom is 0.271 e. The zero-order chi connectivity index (χ0) is 12.0. The lowest BCUT2D eigenvalue weighted by molar-refractivity contribution is 0.0991. The van der Waals surface area contributed by atoms with Crippen LogP contribution in [0.1, 0.15) is 34.5 Å². The summed E-state index contributed by atoms with van der Waals surface area (Å²) in [4.78, 5) is 11.3. The Labute approximate surface area is 98.4 Å². The van der Waals surface area contributed by atoms with Gasteiger partial charge in [0.05, 0.1) is 0 Å². The van der Waals surface area contributed by atoms with E-state index < -0.39 is 5.91 Å². The van der Waals surface area contributed by atoms with Crippen LogP contribution in [0.4, 0.5) is 0 Å². The Balaban J connectivity index is 2.26. The summed E-state index contributed by atoms with van der Waals surface area (Å²) in [6.07, 6.45) is 0.744. The molecule has 0 radical (unpaired) electrons. The van der Waals surface area contributed by atoms with Crippen molar-refractivity contribution in [3.63, 3.8) is 0 Å². The molecule has 1 aromatic carbocycles. The van der Waals surface area contributed by atoms with Gasteiger partial charge < -0.3 is 10.3 Å². The molecule has 17 heavy (non-hydrogen) atoms. The van der Waals surface area contributed by atoms with E-state index in [1.54, 1.807) is 0 Å². The smallest absolute Gasteiger partial charge is 0.271 e. The Morgan fingerprint density at radius 3 is 3.00 bits per heavy atom. The molecule has 0 spiro atoms. The molecule has 1 aliphatic rings. The lowest BCUT2D eigenvalue weighted by atomic mass is 9.82. The summed E-state index contributed by atoms with van der Waals surface area (Å²) in [5.41, 5.74) is 8.63. The third kappa shape index (κ3) is 1.37.